The van der Waals surface area contributed by atoms with E-state index in [0.717, 1.165) is 17.1 Å². The van der Waals surface area contributed by atoms with Gasteiger partial charge >= 0.3 is 0 Å². The Morgan fingerprint density at radius 2 is 2.00 bits per heavy atom. The number of rotatable bonds is 6. The Bertz CT molecular complexity index is 601. The zero-order valence-electron chi connectivity index (χ0n) is 12.3. The van der Waals surface area contributed by atoms with Gasteiger partial charge in [0.2, 0.25) is 0 Å². The molecule has 0 aliphatic rings. The third-order valence-corrected chi connectivity index (χ3v) is 3.41. The number of halogens is 1. The highest BCUT2D eigenvalue weighted by atomic mass is 35.5. The lowest BCUT2D eigenvalue weighted by Crippen LogP contribution is -2.30. The molecule has 4 heteroatoms. The topological polar surface area (TPSA) is 44.5 Å². The van der Waals surface area contributed by atoms with E-state index in [1.807, 2.05) is 30.3 Å². The number of hydrogen-bond donors (Lipinski definition) is 1. The van der Waals surface area contributed by atoms with Crippen molar-refractivity contribution < 1.29 is 9.47 Å². The fourth-order valence-electron chi connectivity index (χ4n) is 2.17. The van der Waals surface area contributed by atoms with Gasteiger partial charge in [-0.25, -0.2) is 0 Å². The van der Waals surface area contributed by atoms with Crippen LogP contribution in [-0.4, -0.2) is 19.8 Å². The summed E-state index contributed by atoms with van der Waals surface area (Å²) < 4.78 is 11.0. The van der Waals surface area contributed by atoms with Crippen molar-refractivity contribution in [2.45, 2.75) is 19.4 Å². The third-order valence-electron chi connectivity index (χ3n) is 3.18. The van der Waals surface area contributed by atoms with Crippen LogP contribution in [0.25, 0.3) is 0 Å². The highest BCUT2D eigenvalue weighted by Crippen LogP contribution is 2.21. The molecule has 0 spiro atoms. The Labute approximate surface area is 130 Å². The average Bonchev–Trinajstić information content (AvgIpc) is 2.45. The average molecular weight is 306 g/mol. The number of methoxy groups -OCH3 is 1. The van der Waals surface area contributed by atoms with Crippen molar-refractivity contribution in [2.75, 3.05) is 13.7 Å². The van der Waals surface area contributed by atoms with E-state index in [-0.39, 0.29) is 6.04 Å². The second-order valence-corrected chi connectivity index (χ2v) is 5.48. The molecule has 2 aromatic rings. The molecule has 2 rings (SSSR count). The van der Waals surface area contributed by atoms with Gasteiger partial charge in [-0.3, -0.25) is 0 Å². The van der Waals surface area contributed by atoms with Crippen molar-refractivity contribution in [3.05, 3.63) is 58.6 Å². The highest BCUT2D eigenvalue weighted by molar-refractivity contribution is 6.30. The maximum Gasteiger partial charge on any atom is 0.122 e. The van der Waals surface area contributed by atoms with Crippen molar-refractivity contribution in [3.63, 3.8) is 0 Å². The molecule has 3 nitrogen and oxygen atoms in total. The van der Waals surface area contributed by atoms with Crippen molar-refractivity contribution in [3.8, 4) is 11.5 Å². The largest absolute Gasteiger partial charge is 0.496 e. The van der Waals surface area contributed by atoms with E-state index in [0.29, 0.717) is 18.1 Å². The SMILES string of the molecule is COc1ccc(C)cc1CC(N)COc1cccc(Cl)c1. The molecule has 0 bridgehead atoms. The smallest absolute Gasteiger partial charge is 0.122 e. The number of benzene rings is 2. The van der Waals surface area contributed by atoms with Gasteiger partial charge in [0.1, 0.15) is 18.1 Å². The molecule has 0 saturated heterocycles. The van der Waals surface area contributed by atoms with Crippen LogP contribution in [0.3, 0.4) is 0 Å². The Morgan fingerprint density at radius 1 is 1.19 bits per heavy atom. The summed E-state index contributed by atoms with van der Waals surface area (Å²) in [6, 6.07) is 13.3. The summed E-state index contributed by atoms with van der Waals surface area (Å²) in [6.07, 6.45) is 0.700. The van der Waals surface area contributed by atoms with Crippen molar-refractivity contribution in [1.29, 1.82) is 0 Å². The standard InChI is InChI=1S/C17H20ClNO2/c1-12-6-7-17(20-2)13(8-12)9-15(19)11-21-16-5-3-4-14(18)10-16/h3-8,10,15H,9,11,19H2,1-2H3. The number of aryl methyl sites for hydroxylation is 1. The van der Waals surface area contributed by atoms with E-state index in [9.17, 15) is 0 Å². The van der Waals surface area contributed by atoms with Crippen LogP contribution in [0.2, 0.25) is 5.02 Å². The van der Waals surface area contributed by atoms with Crippen molar-refractivity contribution in [1.82, 2.24) is 0 Å². The zero-order chi connectivity index (χ0) is 15.2. The first-order valence-electron chi connectivity index (χ1n) is 6.86. The number of ether oxygens (including phenoxy) is 2. The molecular formula is C17H20ClNO2. The van der Waals surface area contributed by atoms with Gasteiger partial charge < -0.3 is 15.2 Å². The molecule has 0 amide bonds. The van der Waals surface area contributed by atoms with Gasteiger partial charge in [-0.05, 0) is 43.2 Å². The summed E-state index contributed by atoms with van der Waals surface area (Å²) in [5.41, 5.74) is 8.44. The minimum Gasteiger partial charge on any atom is -0.496 e. The monoisotopic (exact) mass is 305 g/mol. The summed E-state index contributed by atoms with van der Waals surface area (Å²) in [5.74, 6) is 1.59. The molecule has 0 aliphatic heterocycles. The first-order valence-corrected chi connectivity index (χ1v) is 7.23. The third kappa shape index (κ3) is 4.66. The van der Waals surface area contributed by atoms with Crippen molar-refractivity contribution >= 4 is 11.6 Å². The normalized spacial score (nSPS) is 12.0. The van der Waals surface area contributed by atoms with Crippen molar-refractivity contribution in [2.24, 2.45) is 5.73 Å². The van der Waals surface area contributed by atoms with Crippen LogP contribution in [0, 0.1) is 6.92 Å². The summed E-state index contributed by atoms with van der Waals surface area (Å²) >= 11 is 5.92. The lowest BCUT2D eigenvalue weighted by molar-refractivity contribution is 0.286. The predicted octanol–water partition coefficient (Wildman–Crippen LogP) is 3.61. The Hall–Kier alpha value is -1.71. The Kier molecular flexibility index (Phi) is 5.48. The van der Waals surface area contributed by atoms with E-state index in [2.05, 4.69) is 13.0 Å². The minimum atomic E-state index is -0.111. The predicted molar refractivity (Wildman–Crippen MR) is 86.4 cm³/mol. The molecule has 2 N–H and O–H groups in total. The molecule has 2 aromatic carbocycles. The van der Waals surface area contributed by atoms with Crippen LogP contribution < -0.4 is 15.2 Å². The van der Waals surface area contributed by atoms with E-state index in [4.69, 9.17) is 26.8 Å². The van der Waals surface area contributed by atoms with Gasteiger partial charge in [0.15, 0.2) is 0 Å². The summed E-state index contributed by atoms with van der Waals surface area (Å²) in [5, 5.41) is 0.654. The zero-order valence-corrected chi connectivity index (χ0v) is 13.1. The van der Waals surface area contributed by atoms with E-state index in [1.54, 1.807) is 13.2 Å². The Balaban J connectivity index is 1.95. The first kappa shape index (κ1) is 15.7. The lowest BCUT2D eigenvalue weighted by atomic mass is 10.0. The molecule has 1 atom stereocenters. The number of hydrogen-bond acceptors (Lipinski definition) is 3. The molecule has 0 fully saturated rings. The maximum atomic E-state index is 6.15. The van der Waals surface area contributed by atoms with Crippen LogP contribution in [0.1, 0.15) is 11.1 Å². The fourth-order valence-corrected chi connectivity index (χ4v) is 2.35. The van der Waals surface area contributed by atoms with Crippen LogP contribution >= 0.6 is 11.6 Å². The molecule has 0 aliphatic carbocycles. The maximum absolute atomic E-state index is 6.15. The second-order valence-electron chi connectivity index (χ2n) is 5.05. The summed E-state index contributed by atoms with van der Waals surface area (Å²) in [4.78, 5) is 0. The van der Waals surface area contributed by atoms with Crippen LogP contribution in [-0.2, 0) is 6.42 Å². The Morgan fingerprint density at radius 3 is 2.71 bits per heavy atom. The molecule has 0 aromatic heterocycles. The molecule has 1 unspecified atom stereocenters. The summed E-state index contributed by atoms with van der Waals surface area (Å²) in [7, 11) is 1.67. The molecule has 112 valence electrons. The van der Waals surface area contributed by atoms with Gasteiger partial charge in [0, 0.05) is 11.1 Å². The molecule has 0 radical (unpaired) electrons. The van der Waals surface area contributed by atoms with Crippen LogP contribution in [0.15, 0.2) is 42.5 Å². The first-order chi connectivity index (χ1) is 10.1. The minimum absolute atomic E-state index is 0.111. The molecule has 21 heavy (non-hydrogen) atoms. The van der Waals surface area contributed by atoms with Gasteiger partial charge in [-0.15, -0.1) is 0 Å². The molecule has 0 heterocycles. The van der Waals surface area contributed by atoms with Gasteiger partial charge in [-0.2, -0.15) is 0 Å². The van der Waals surface area contributed by atoms with E-state index >= 15 is 0 Å². The van der Waals surface area contributed by atoms with E-state index in [1.165, 1.54) is 5.56 Å². The van der Waals surface area contributed by atoms with Gasteiger partial charge in [0.05, 0.1) is 7.11 Å². The summed E-state index contributed by atoms with van der Waals surface area (Å²) in [6.45, 7) is 2.48. The second kappa shape index (κ2) is 7.34. The lowest BCUT2D eigenvalue weighted by Gasteiger charge is -2.16. The van der Waals surface area contributed by atoms with Crippen LogP contribution in [0.4, 0.5) is 0 Å². The fraction of sp³-hybridized carbons (Fsp3) is 0.294. The number of nitrogens with two attached hydrogens (primary N) is 1. The van der Waals surface area contributed by atoms with Crippen LogP contribution in [0.5, 0.6) is 11.5 Å². The van der Waals surface area contributed by atoms with Gasteiger partial charge in [0.25, 0.3) is 0 Å². The quantitative estimate of drug-likeness (QED) is 0.886. The highest BCUT2D eigenvalue weighted by Gasteiger charge is 2.10. The molecule has 0 saturated carbocycles. The molecular weight excluding hydrogens is 286 g/mol. The van der Waals surface area contributed by atoms with E-state index < -0.39 is 0 Å². The van der Waals surface area contributed by atoms with Gasteiger partial charge in [-0.1, -0.05) is 35.4 Å².